The first kappa shape index (κ1) is 13.1. The highest BCUT2D eigenvalue weighted by Gasteiger charge is 2.29. The molecule has 0 amide bonds. The summed E-state index contributed by atoms with van der Waals surface area (Å²) in [6.07, 6.45) is -4.49. The number of aromatic carboxylic acids is 1. The van der Waals surface area contributed by atoms with E-state index in [9.17, 15) is 18.0 Å². The SMILES string of the molecule is O=C(O)c1cc(I)ccc1OCC(F)(F)F. The molecule has 0 atom stereocenters. The van der Waals surface area contributed by atoms with E-state index in [1.165, 1.54) is 18.2 Å². The summed E-state index contributed by atoms with van der Waals surface area (Å²) in [5.41, 5.74) is -0.281. The Bertz CT molecular complexity index is 403. The highest BCUT2D eigenvalue weighted by molar-refractivity contribution is 14.1. The third-order valence-electron chi connectivity index (χ3n) is 1.56. The van der Waals surface area contributed by atoms with E-state index in [4.69, 9.17) is 5.11 Å². The minimum absolute atomic E-state index is 0.281. The lowest BCUT2D eigenvalue weighted by Gasteiger charge is -2.11. The second-order valence-corrected chi connectivity index (χ2v) is 4.10. The Hall–Kier alpha value is -0.990. The van der Waals surface area contributed by atoms with Gasteiger partial charge in [-0.05, 0) is 40.8 Å². The van der Waals surface area contributed by atoms with Crippen molar-refractivity contribution in [3.05, 3.63) is 27.3 Å². The summed E-state index contributed by atoms with van der Waals surface area (Å²) in [5.74, 6) is -1.61. The molecule has 0 unspecified atom stereocenters. The molecule has 0 bridgehead atoms. The molecule has 0 spiro atoms. The number of carboxylic acid groups (broad SMARTS) is 1. The van der Waals surface area contributed by atoms with Crippen LogP contribution in [0, 0.1) is 3.57 Å². The molecule has 16 heavy (non-hydrogen) atoms. The smallest absolute Gasteiger partial charge is 0.422 e. The van der Waals surface area contributed by atoms with E-state index in [0.29, 0.717) is 3.57 Å². The van der Waals surface area contributed by atoms with Gasteiger partial charge in [0.2, 0.25) is 0 Å². The Kier molecular flexibility index (Phi) is 4.00. The lowest BCUT2D eigenvalue weighted by Crippen LogP contribution is -2.20. The van der Waals surface area contributed by atoms with E-state index in [-0.39, 0.29) is 11.3 Å². The van der Waals surface area contributed by atoms with Crippen LogP contribution in [0.25, 0.3) is 0 Å². The van der Waals surface area contributed by atoms with Gasteiger partial charge in [0, 0.05) is 3.57 Å². The number of benzene rings is 1. The monoisotopic (exact) mass is 346 g/mol. The Morgan fingerprint density at radius 2 is 2.06 bits per heavy atom. The van der Waals surface area contributed by atoms with Crippen LogP contribution < -0.4 is 4.74 Å². The molecule has 1 rings (SSSR count). The van der Waals surface area contributed by atoms with Crippen molar-refractivity contribution < 1.29 is 27.8 Å². The average molecular weight is 346 g/mol. The Labute approximate surface area is 102 Å². The third-order valence-corrected chi connectivity index (χ3v) is 2.23. The van der Waals surface area contributed by atoms with Gasteiger partial charge in [0.1, 0.15) is 11.3 Å². The van der Waals surface area contributed by atoms with Crippen LogP contribution in [-0.4, -0.2) is 23.9 Å². The van der Waals surface area contributed by atoms with Gasteiger partial charge in [-0.25, -0.2) is 4.79 Å². The van der Waals surface area contributed by atoms with Gasteiger partial charge in [-0.2, -0.15) is 13.2 Å². The van der Waals surface area contributed by atoms with Crippen molar-refractivity contribution >= 4 is 28.6 Å². The molecule has 0 saturated carbocycles. The minimum Gasteiger partial charge on any atom is -0.483 e. The largest absolute Gasteiger partial charge is 0.483 e. The molecule has 3 nitrogen and oxygen atoms in total. The van der Waals surface area contributed by atoms with Crippen LogP contribution in [0.1, 0.15) is 10.4 Å². The van der Waals surface area contributed by atoms with E-state index >= 15 is 0 Å². The molecule has 0 aliphatic rings. The highest BCUT2D eigenvalue weighted by atomic mass is 127. The molecule has 7 heteroatoms. The maximum atomic E-state index is 11.9. The molecular formula is C9H6F3IO3. The van der Waals surface area contributed by atoms with E-state index in [1.807, 2.05) is 22.6 Å². The van der Waals surface area contributed by atoms with Crippen LogP contribution >= 0.6 is 22.6 Å². The van der Waals surface area contributed by atoms with Crippen molar-refractivity contribution in [1.29, 1.82) is 0 Å². The molecule has 0 aromatic heterocycles. The van der Waals surface area contributed by atoms with E-state index < -0.39 is 18.8 Å². The summed E-state index contributed by atoms with van der Waals surface area (Å²) in [6.45, 7) is -1.51. The Morgan fingerprint density at radius 3 is 2.56 bits per heavy atom. The van der Waals surface area contributed by atoms with Gasteiger partial charge in [-0.1, -0.05) is 0 Å². The molecule has 1 N–H and O–H groups in total. The molecular weight excluding hydrogens is 340 g/mol. The summed E-state index contributed by atoms with van der Waals surface area (Å²) in [5, 5.41) is 8.75. The number of rotatable bonds is 3. The fourth-order valence-corrected chi connectivity index (χ4v) is 1.45. The first-order chi connectivity index (χ1) is 7.29. The Balaban J connectivity index is 2.91. The van der Waals surface area contributed by atoms with Crippen molar-refractivity contribution in [2.75, 3.05) is 6.61 Å². The van der Waals surface area contributed by atoms with Gasteiger partial charge in [0.15, 0.2) is 6.61 Å². The molecule has 0 saturated heterocycles. The average Bonchev–Trinajstić information content (AvgIpc) is 2.14. The summed E-state index contributed by atoms with van der Waals surface area (Å²) in [6, 6.07) is 3.92. The number of ether oxygens (including phenoxy) is 1. The molecule has 88 valence electrons. The standard InChI is InChI=1S/C9H6F3IO3/c10-9(11,12)4-16-7-2-1-5(13)3-6(7)8(14)15/h1-3H,4H2,(H,14,15). The number of halogens is 4. The zero-order valence-corrected chi connectivity index (χ0v) is 9.87. The maximum Gasteiger partial charge on any atom is 0.422 e. The van der Waals surface area contributed by atoms with Crippen molar-refractivity contribution in [3.8, 4) is 5.75 Å². The first-order valence-corrected chi connectivity index (χ1v) is 5.10. The number of hydrogen-bond donors (Lipinski definition) is 1. The zero-order chi connectivity index (χ0) is 12.3. The zero-order valence-electron chi connectivity index (χ0n) is 7.71. The van der Waals surface area contributed by atoms with Gasteiger partial charge < -0.3 is 9.84 Å². The molecule has 0 heterocycles. The minimum atomic E-state index is -4.49. The number of carboxylic acids is 1. The fourth-order valence-electron chi connectivity index (χ4n) is 0.955. The predicted molar refractivity (Wildman–Crippen MR) is 57.7 cm³/mol. The molecule has 0 aliphatic carbocycles. The maximum absolute atomic E-state index is 11.9. The third kappa shape index (κ3) is 3.87. The normalized spacial score (nSPS) is 11.2. The molecule has 0 radical (unpaired) electrons. The van der Waals surface area contributed by atoms with Crippen LogP contribution in [-0.2, 0) is 0 Å². The predicted octanol–water partition coefficient (Wildman–Crippen LogP) is 2.93. The van der Waals surface area contributed by atoms with Gasteiger partial charge in [-0.3, -0.25) is 0 Å². The first-order valence-electron chi connectivity index (χ1n) is 4.02. The highest BCUT2D eigenvalue weighted by Crippen LogP contribution is 2.24. The summed E-state index contributed by atoms with van der Waals surface area (Å²) < 4.78 is 40.7. The van der Waals surface area contributed by atoms with Crippen LogP contribution in [0.3, 0.4) is 0 Å². The van der Waals surface area contributed by atoms with E-state index in [2.05, 4.69) is 4.74 Å². The van der Waals surface area contributed by atoms with E-state index in [1.54, 1.807) is 0 Å². The molecule has 1 aromatic carbocycles. The number of carbonyl (C=O) groups is 1. The fraction of sp³-hybridized carbons (Fsp3) is 0.222. The molecule has 0 fully saturated rings. The van der Waals surface area contributed by atoms with Gasteiger partial charge in [0.25, 0.3) is 0 Å². The summed E-state index contributed by atoms with van der Waals surface area (Å²) >= 11 is 1.86. The lowest BCUT2D eigenvalue weighted by molar-refractivity contribution is -0.153. The summed E-state index contributed by atoms with van der Waals surface area (Å²) in [4.78, 5) is 10.7. The molecule has 1 aromatic rings. The van der Waals surface area contributed by atoms with Gasteiger partial charge in [0.05, 0.1) is 0 Å². The topological polar surface area (TPSA) is 46.5 Å². The van der Waals surface area contributed by atoms with Crippen molar-refractivity contribution in [2.24, 2.45) is 0 Å². The summed E-state index contributed by atoms with van der Waals surface area (Å²) in [7, 11) is 0. The van der Waals surface area contributed by atoms with Crippen molar-refractivity contribution in [2.45, 2.75) is 6.18 Å². The van der Waals surface area contributed by atoms with Gasteiger partial charge >= 0.3 is 12.1 Å². The molecule has 0 aliphatic heterocycles. The number of alkyl halides is 3. The second-order valence-electron chi connectivity index (χ2n) is 2.85. The van der Waals surface area contributed by atoms with Crippen molar-refractivity contribution in [1.82, 2.24) is 0 Å². The quantitative estimate of drug-likeness (QED) is 0.857. The van der Waals surface area contributed by atoms with Crippen LogP contribution in [0.2, 0.25) is 0 Å². The Morgan fingerprint density at radius 1 is 1.44 bits per heavy atom. The van der Waals surface area contributed by atoms with Gasteiger partial charge in [-0.15, -0.1) is 0 Å². The van der Waals surface area contributed by atoms with E-state index in [0.717, 1.165) is 0 Å². The number of hydrogen-bond acceptors (Lipinski definition) is 2. The van der Waals surface area contributed by atoms with Crippen LogP contribution in [0.15, 0.2) is 18.2 Å². The van der Waals surface area contributed by atoms with Crippen molar-refractivity contribution in [3.63, 3.8) is 0 Å². The van der Waals surface area contributed by atoms with Crippen LogP contribution in [0.4, 0.5) is 13.2 Å². The lowest BCUT2D eigenvalue weighted by atomic mass is 10.2. The second kappa shape index (κ2) is 4.89. The van der Waals surface area contributed by atoms with Crippen LogP contribution in [0.5, 0.6) is 5.75 Å².